The Kier molecular flexibility index (Phi) is 3.17. The van der Waals surface area contributed by atoms with Crippen LogP contribution in [0.5, 0.6) is 0 Å². The molecule has 4 rings (SSSR count). The summed E-state index contributed by atoms with van der Waals surface area (Å²) in [4.78, 5) is 19.1. The molecule has 0 saturated carbocycles. The molecule has 1 aliphatic rings. The Morgan fingerprint density at radius 1 is 1.39 bits per heavy atom. The summed E-state index contributed by atoms with van der Waals surface area (Å²) in [6.07, 6.45) is 7.27. The fraction of sp³-hybridized carbons (Fsp3) is 0.467. The largest absolute Gasteiger partial charge is 0.340 e. The highest BCUT2D eigenvalue weighted by atomic mass is 16.5. The lowest BCUT2D eigenvalue weighted by molar-refractivity contribution is 0.0705. The minimum Gasteiger partial charge on any atom is -0.340 e. The van der Waals surface area contributed by atoms with Crippen LogP contribution >= 0.6 is 0 Å². The molecular weight excluding hydrogens is 296 g/mol. The first kappa shape index (κ1) is 14.0. The number of hydrogen-bond donors (Lipinski definition) is 0. The maximum Gasteiger partial charge on any atom is 0.259 e. The van der Waals surface area contributed by atoms with Gasteiger partial charge in [-0.2, -0.15) is 10.1 Å². The van der Waals surface area contributed by atoms with Crippen LogP contribution in [0.3, 0.4) is 0 Å². The Balaban J connectivity index is 1.59. The number of rotatable bonds is 2. The predicted octanol–water partition coefficient (Wildman–Crippen LogP) is 1.38. The van der Waals surface area contributed by atoms with Gasteiger partial charge < -0.3 is 14.0 Å². The van der Waals surface area contributed by atoms with Crippen molar-refractivity contribution < 1.29 is 9.32 Å². The molecule has 0 N–H and O–H groups in total. The van der Waals surface area contributed by atoms with Crippen molar-refractivity contribution >= 4 is 11.6 Å². The molecule has 0 aromatic carbocycles. The summed E-state index contributed by atoms with van der Waals surface area (Å²) >= 11 is 0. The van der Waals surface area contributed by atoms with Crippen molar-refractivity contribution in [1.29, 1.82) is 0 Å². The van der Waals surface area contributed by atoms with Gasteiger partial charge >= 0.3 is 0 Å². The van der Waals surface area contributed by atoms with E-state index in [4.69, 9.17) is 4.52 Å². The minimum absolute atomic E-state index is 0.00622. The summed E-state index contributed by atoms with van der Waals surface area (Å²) in [5.74, 6) is 1.39. The van der Waals surface area contributed by atoms with Gasteiger partial charge in [-0.3, -0.25) is 4.79 Å². The highest BCUT2D eigenvalue weighted by Gasteiger charge is 2.30. The van der Waals surface area contributed by atoms with Crippen molar-refractivity contribution in [2.45, 2.75) is 25.7 Å². The molecule has 0 spiro atoms. The SMILES string of the molecule is Cc1nc([C@@H]2CCCN(C(=O)c3cnn4ccn(C)c34)C2)no1. The third kappa shape index (κ3) is 2.30. The van der Waals surface area contributed by atoms with E-state index in [-0.39, 0.29) is 11.8 Å². The Labute approximate surface area is 132 Å². The van der Waals surface area contributed by atoms with Gasteiger partial charge in [0, 0.05) is 45.4 Å². The lowest BCUT2D eigenvalue weighted by atomic mass is 9.97. The molecule has 3 aromatic heterocycles. The van der Waals surface area contributed by atoms with Gasteiger partial charge in [0.2, 0.25) is 5.89 Å². The summed E-state index contributed by atoms with van der Waals surface area (Å²) in [5.41, 5.74) is 1.44. The molecule has 0 aliphatic carbocycles. The normalized spacial score (nSPS) is 18.7. The number of carbonyl (C=O) groups excluding carboxylic acids is 1. The van der Waals surface area contributed by atoms with Crippen molar-refractivity contribution in [2.75, 3.05) is 13.1 Å². The second kappa shape index (κ2) is 5.22. The zero-order valence-corrected chi connectivity index (χ0v) is 13.1. The fourth-order valence-electron chi connectivity index (χ4n) is 3.22. The number of likely N-dealkylation sites (tertiary alicyclic amines) is 1. The van der Waals surface area contributed by atoms with Crippen molar-refractivity contribution in [1.82, 2.24) is 29.2 Å². The molecule has 1 atom stereocenters. The number of piperidine rings is 1. The van der Waals surface area contributed by atoms with Crippen LogP contribution in [0.15, 0.2) is 23.1 Å². The van der Waals surface area contributed by atoms with Gasteiger partial charge in [-0.15, -0.1) is 0 Å². The molecule has 3 aromatic rings. The molecule has 8 nitrogen and oxygen atoms in total. The van der Waals surface area contributed by atoms with E-state index < -0.39 is 0 Å². The predicted molar refractivity (Wildman–Crippen MR) is 81.1 cm³/mol. The van der Waals surface area contributed by atoms with Gasteiger partial charge in [0.05, 0.1) is 6.20 Å². The van der Waals surface area contributed by atoms with Gasteiger partial charge in [0.25, 0.3) is 5.91 Å². The Bertz CT molecular complexity index is 860. The number of nitrogens with zero attached hydrogens (tertiary/aromatic N) is 6. The van der Waals surface area contributed by atoms with Gasteiger partial charge in [0.1, 0.15) is 11.2 Å². The number of imidazole rings is 1. The van der Waals surface area contributed by atoms with Gasteiger partial charge in [-0.05, 0) is 12.8 Å². The molecule has 1 saturated heterocycles. The maximum absolute atomic E-state index is 12.9. The van der Waals surface area contributed by atoms with E-state index in [9.17, 15) is 4.79 Å². The first-order valence-electron chi connectivity index (χ1n) is 7.71. The fourth-order valence-corrected chi connectivity index (χ4v) is 3.22. The second-order valence-corrected chi connectivity index (χ2v) is 6.00. The Morgan fingerprint density at radius 3 is 3.04 bits per heavy atom. The van der Waals surface area contributed by atoms with Crippen molar-refractivity contribution in [3.63, 3.8) is 0 Å². The first-order chi connectivity index (χ1) is 11.1. The summed E-state index contributed by atoms with van der Waals surface area (Å²) in [6.45, 7) is 3.13. The molecule has 4 heterocycles. The lowest BCUT2D eigenvalue weighted by Crippen LogP contribution is -2.39. The van der Waals surface area contributed by atoms with Crippen molar-refractivity contribution in [2.24, 2.45) is 7.05 Å². The zero-order valence-electron chi connectivity index (χ0n) is 13.1. The van der Waals surface area contributed by atoms with Crippen molar-refractivity contribution in [3.05, 3.63) is 35.9 Å². The highest BCUT2D eigenvalue weighted by molar-refractivity contribution is 5.99. The molecule has 0 bridgehead atoms. The van der Waals surface area contributed by atoms with Crippen molar-refractivity contribution in [3.8, 4) is 0 Å². The van der Waals surface area contributed by atoms with Crippen LogP contribution in [0.4, 0.5) is 0 Å². The molecule has 120 valence electrons. The van der Waals surface area contributed by atoms with Gasteiger partial charge in [0.15, 0.2) is 5.82 Å². The van der Waals surface area contributed by atoms with E-state index in [1.165, 1.54) is 0 Å². The van der Waals surface area contributed by atoms with Crippen LogP contribution < -0.4 is 0 Å². The molecule has 1 fully saturated rings. The van der Waals surface area contributed by atoms with Crippen LogP contribution in [0.1, 0.15) is 40.8 Å². The Morgan fingerprint density at radius 2 is 2.26 bits per heavy atom. The minimum atomic E-state index is 0.00622. The van der Waals surface area contributed by atoms with Crippen LogP contribution in [0, 0.1) is 6.92 Å². The number of amides is 1. The molecular formula is C15H18N6O2. The molecule has 0 radical (unpaired) electrons. The molecule has 0 unspecified atom stereocenters. The summed E-state index contributed by atoms with van der Waals surface area (Å²) in [5, 5.41) is 8.25. The smallest absolute Gasteiger partial charge is 0.259 e. The average molecular weight is 314 g/mol. The number of aromatic nitrogens is 5. The van der Waals surface area contributed by atoms with Gasteiger partial charge in [-0.25, -0.2) is 4.52 Å². The zero-order chi connectivity index (χ0) is 16.0. The third-order valence-electron chi connectivity index (χ3n) is 4.38. The van der Waals surface area contributed by atoms with E-state index in [1.54, 1.807) is 17.6 Å². The third-order valence-corrected chi connectivity index (χ3v) is 4.38. The number of carbonyl (C=O) groups is 1. The van der Waals surface area contributed by atoms with Crippen LogP contribution in [0.2, 0.25) is 0 Å². The summed E-state index contributed by atoms with van der Waals surface area (Å²) in [6, 6.07) is 0. The molecule has 1 aliphatic heterocycles. The number of fused-ring (bicyclic) bond motifs is 1. The van der Waals surface area contributed by atoms with Gasteiger partial charge in [-0.1, -0.05) is 5.16 Å². The van der Waals surface area contributed by atoms with Crippen LogP contribution in [-0.4, -0.2) is 48.2 Å². The molecule has 8 heteroatoms. The first-order valence-corrected chi connectivity index (χ1v) is 7.71. The summed E-state index contributed by atoms with van der Waals surface area (Å²) in [7, 11) is 1.91. The van der Waals surface area contributed by atoms with E-state index in [0.717, 1.165) is 25.0 Å². The number of aryl methyl sites for hydroxylation is 2. The van der Waals surface area contributed by atoms with E-state index >= 15 is 0 Å². The molecule has 23 heavy (non-hydrogen) atoms. The Hall–Kier alpha value is -2.64. The summed E-state index contributed by atoms with van der Waals surface area (Å²) < 4.78 is 8.69. The molecule has 1 amide bonds. The van der Waals surface area contributed by atoms with E-state index in [1.807, 2.05) is 28.9 Å². The topological polar surface area (TPSA) is 81.5 Å². The van der Waals surface area contributed by atoms with Crippen LogP contribution in [0.25, 0.3) is 5.65 Å². The highest BCUT2D eigenvalue weighted by Crippen LogP contribution is 2.26. The lowest BCUT2D eigenvalue weighted by Gasteiger charge is -2.31. The number of hydrogen-bond acceptors (Lipinski definition) is 5. The standard InChI is InChI=1S/C15H18N6O2/c1-10-17-13(18-23-10)11-4-3-5-20(9-11)15(22)12-8-16-21-7-6-19(2)14(12)21/h6-8,11H,3-5,9H2,1-2H3/t11-/m1/s1. The maximum atomic E-state index is 12.9. The second-order valence-electron chi connectivity index (χ2n) is 6.00. The van der Waals surface area contributed by atoms with E-state index in [0.29, 0.717) is 23.8 Å². The van der Waals surface area contributed by atoms with Crippen LogP contribution in [-0.2, 0) is 7.05 Å². The average Bonchev–Trinajstić information content (AvgIpc) is 3.25. The van der Waals surface area contributed by atoms with E-state index in [2.05, 4.69) is 15.2 Å². The quantitative estimate of drug-likeness (QED) is 0.714. The monoisotopic (exact) mass is 314 g/mol.